The molecule has 0 N–H and O–H groups in total. The minimum absolute atomic E-state index is 1.22. The number of allylic oxidation sites excluding steroid dienone is 3. The molecule has 112 valence electrons. The van der Waals surface area contributed by atoms with Crippen molar-refractivity contribution in [3.63, 3.8) is 0 Å². The van der Waals surface area contributed by atoms with Gasteiger partial charge in [-0.05, 0) is 12.8 Å². The third-order valence-corrected chi connectivity index (χ3v) is 2.00. The van der Waals surface area contributed by atoms with Crippen molar-refractivity contribution in [3.8, 4) is 0 Å². The van der Waals surface area contributed by atoms with Gasteiger partial charge in [0.2, 0.25) is 0 Å². The topological polar surface area (TPSA) is 0 Å². The summed E-state index contributed by atoms with van der Waals surface area (Å²) in [5, 5.41) is 0. The molecule has 0 aliphatic carbocycles. The van der Waals surface area contributed by atoms with Crippen molar-refractivity contribution in [2.24, 2.45) is 0 Å². The van der Waals surface area contributed by atoms with Crippen molar-refractivity contribution < 1.29 is 0 Å². The van der Waals surface area contributed by atoms with Gasteiger partial charge in [-0.3, -0.25) is 0 Å². The molecular weight excluding hydrogens is 216 g/mol. The fourth-order valence-electron chi connectivity index (χ4n) is 1.23. The van der Waals surface area contributed by atoms with Crippen LogP contribution < -0.4 is 0 Å². The summed E-state index contributed by atoms with van der Waals surface area (Å²) in [6.45, 7) is 17.9. The van der Waals surface area contributed by atoms with Gasteiger partial charge < -0.3 is 0 Å². The van der Waals surface area contributed by atoms with Gasteiger partial charge in [0.1, 0.15) is 0 Å². The maximum atomic E-state index is 3.63. The van der Waals surface area contributed by atoms with Gasteiger partial charge in [0.15, 0.2) is 0 Å². The number of hydrogen-bond acceptors (Lipinski definition) is 0. The Kier molecular flexibility index (Phi) is 63.8. The maximum absolute atomic E-state index is 3.63. The van der Waals surface area contributed by atoms with Gasteiger partial charge in [-0.2, -0.15) is 0 Å². The van der Waals surface area contributed by atoms with E-state index in [2.05, 4.69) is 19.6 Å². The van der Waals surface area contributed by atoms with Crippen molar-refractivity contribution in [3.05, 3.63) is 24.8 Å². The zero-order chi connectivity index (χ0) is 15.1. The Hall–Kier alpha value is -0.520. The molecule has 0 heterocycles. The van der Waals surface area contributed by atoms with E-state index in [0.717, 1.165) is 0 Å². The summed E-state index contributed by atoms with van der Waals surface area (Å²) in [6.07, 6.45) is 15.6. The highest BCUT2D eigenvalue weighted by atomic mass is 13.9. The highest BCUT2D eigenvalue weighted by Gasteiger charge is 1.87. The molecule has 0 unspecified atom stereocenters. The minimum atomic E-state index is 1.22. The van der Waals surface area contributed by atoms with Crippen molar-refractivity contribution in [2.75, 3.05) is 0 Å². The SMILES string of the molecule is C=C/C=C\CCCCCCCC.CC.CC.CC. The first-order valence-electron chi connectivity index (χ1n) is 8.19. The molecule has 0 aliphatic rings. The van der Waals surface area contributed by atoms with Gasteiger partial charge in [-0.25, -0.2) is 0 Å². The smallest absolute Gasteiger partial charge is 0.0348 e. The second kappa shape index (κ2) is 43.9. The first-order chi connectivity index (χ1) is 8.91. The highest BCUT2D eigenvalue weighted by molar-refractivity contribution is 4.96. The molecule has 0 aromatic heterocycles. The van der Waals surface area contributed by atoms with Gasteiger partial charge in [0.25, 0.3) is 0 Å². The molecule has 0 aliphatic heterocycles. The molecular formula is C18H40. The number of rotatable bonds is 8. The lowest BCUT2D eigenvalue weighted by Crippen LogP contribution is -1.77. The molecule has 0 bridgehead atoms. The summed E-state index contributed by atoms with van der Waals surface area (Å²) in [7, 11) is 0. The lowest BCUT2D eigenvalue weighted by Gasteiger charge is -1.96. The minimum Gasteiger partial charge on any atom is -0.0991 e. The van der Waals surface area contributed by atoms with Crippen LogP contribution >= 0.6 is 0 Å². The lowest BCUT2D eigenvalue weighted by molar-refractivity contribution is 0.611. The predicted octanol–water partition coefficient (Wildman–Crippen LogP) is 7.56. The fraction of sp³-hybridized carbons (Fsp3) is 0.778. The second-order valence-electron chi connectivity index (χ2n) is 3.22. The van der Waals surface area contributed by atoms with E-state index in [9.17, 15) is 0 Å². The van der Waals surface area contributed by atoms with Crippen LogP contribution in [0.1, 0.15) is 93.4 Å². The fourth-order valence-corrected chi connectivity index (χ4v) is 1.23. The van der Waals surface area contributed by atoms with Crippen LogP contribution in [0.2, 0.25) is 0 Å². The van der Waals surface area contributed by atoms with Crippen LogP contribution in [0.5, 0.6) is 0 Å². The van der Waals surface area contributed by atoms with E-state index in [1.165, 1.54) is 44.9 Å². The van der Waals surface area contributed by atoms with Crippen LogP contribution in [0.3, 0.4) is 0 Å². The molecule has 18 heavy (non-hydrogen) atoms. The van der Waals surface area contributed by atoms with Gasteiger partial charge in [-0.15, -0.1) is 0 Å². The summed E-state index contributed by atoms with van der Waals surface area (Å²) in [5.74, 6) is 0. The largest absolute Gasteiger partial charge is 0.0991 e. The Morgan fingerprint density at radius 2 is 1.17 bits per heavy atom. The Morgan fingerprint density at radius 1 is 0.722 bits per heavy atom. The second-order valence-corrected chi connectivity index (χ2v) is 3.22. The summed E-state index contributed by atoms with van der Waals surface area (Å²) in [5.41, 5.74) is 0. The maximum Gasteiger partial charge on any atom is -0.0348 e. The first-order valence-corrected chi connectivity index (χ1v) is 8.19. The van der Waals surface area contributed by atoms with Crippen molar-refractivity contribution in [1.29, 1.82) is 0 Å². The third-order valence-electron chi connectivity index (χ3n) is 2.00. The third kappa shape index (κ3) is 45.1. The standard InChI is InChI=1S/C12H22.3C2H6/c1-3-5-7-9-11-12-10-8-6-4-2;3*1-2/h3,5,7H,1,4,6,8-12H2,2H3;3*1-2H3/b7-5-;;;. The lowest BCUT2D eigenvalue weighted by atomic mass is 10.1. The molecule has 0 radical (unpaired) electrons. The summed E-state index contributed by atoms with van der Waals surface area (Å²) in [4.78, 5) is 0. The van der Waals surface area contributed by atoms with Crippen molar-refractivity contribution in [1.82, 2.24) is 0 Å². The van der Waals surface area contributed by atoms with Crippen LogP contribution in [0.4, 0.5) is 0 Å². The molecule has 0 saturated heterocycles. The predicted molar refractivity (Wildman–Crippen MR) is 91.4 cm³/mol. The molecule has 0 atom stereocenters. The van der Waals surface area contributed by atoms with E-state index in [-0.39, 0.29) is 0 Å². The van der Waals surface area contributed by atoms with E-state index in [1.54, 1.807) is 0 Å². The first kappa shape index (κ1) is 26.1. The highest BCUT2D eigenvalue weighted by Crippen LogP contribution is 2.06. The van der Waals surface area contributed by atoms with E-state index in [4.69, 9.17) is 0 Å². The molecule has 0 amide bonds. The normalized spacial score (nSPS) is 8.17. The number of hydrogen-bond donors (Lipinski definition) is 0. The van der Waals surface area contributed by atoms with Gasteiger partial charge >= 0.3 is 0 Å². The quantitative estimate of drug-likeness (QED) is 0.310. The Bertz CT molecular complexity index is 111. The van der Waals surface area contributed by atoms with Crippen LogP contribution in [0, 0.1) is 0 Å². The molecule has 0 spiro atoms. The Labute approximate surface area is 119 Å². The van der Waals surface area contributed by atoms with E-state index >= 15 is 0 Å². The van der Waals surface area contributed by atoms with Crippen LogP contribution in [0.15, 0.2) is 24.8 Å². The average Bonchev–Trinajstić information content (AvgIpc) is 2.48. The monoisotopic (exact) mass is 256 g/mol. The Balaban J connectivity index is -0.000000141. The van der Waals surface area contributed by atoms with Crippen molar-refractivity contribution in [2.45, 2.75) is 93.4 Å². The van der Waals surface area contributed by atoms with Crippen LogP contribution in [-0.2, 0) is 0 Å². The van der Waals surface area contributed by atoms with Crippen LogP contribution in [-0.4, -0.2) is 0 Å². The zero-order valence-corrected chi connectivity index (χ0v) is 14.4. The Morgan fingerprint density at radius 3 is 1.61 bits per heavy atom. The average molecular weight is 257 g/mol. The van der Waals surface area contributed by atoms with Gasteiger partial charge in [-0.1, -0.05) is 105 Å². The zero-order valence-electron chi connectivity index (χ0n) is 14.4. The van der Waals surface area contributed by atoms with E-state index in [1.807, 2.05) is 53.7 Å². The van der Waals surface area contributed by atoms with Gasteiger partial charge in [0.05, 0.1) is 0 Å². The summed E-state index contributed by atoms with van der Waals surface area (Å²) < 4.78 is 0. The molecule has 0 fully saturated rings. The summed E-state index contributed by atoms with van der Waals surface area (Å²) in [6, 6.07) is 0. The number of unbranched alkanes of at least 4 members (excludes halogenated alkanes) is 6. The molecule has 0 rings (SSSR count). The van der Waals surface area contributed by atoms with Crippen molar-refractivity contribution >= 4 is 0 Å². The molecule has 0 saturated carbocycles. The van der Waals surface area contributed by atoms with Gasteiger partial charge in [0, 0.05) is 0 Å². The molecule has 0 aromatic carbocycles. The van der Waals surface area contributed by atoms with E-state index in [0.29, 0.717) is 0 Å². The molecule has 0 nitrogen and oxygen atoms in total. The molecule has 0 aromatic rings. The van der Waals surface area contributed by atoms with Crippen LogP contribution in [0.25, 0.3) is 0 Å². The molecule has 0 heteroatoms. The summed E-state index contributed by atoms with van der Waals surface area (Å²) >= 11 is 0. The van der Waals surface area contributed by atoms with E-state index < -0.39 is 0 Å².